The largest absolute Gasteiger partial charge is 0.375 e. The molecule has 0 aliphatic heterocycles. The zero-order valence-corrected chi connectivity index (χ0v) is 10.8. The van der Waals surface area contributed by atoms with E-state index in [1.54, 1.807) is 30.6 Å². The molecular formula is C13H11FN4S. The van der Waals surface area contributed by atoms with Crippen molar-refractivity contribution in [3.8, 4) is 11.4 Å². The zero-order chi connectivity index (χ0) is 13.2. The molecule has 2 heterocycles. The lowest BCUT2D eigenvalue weighted by atomic mass is 10.2. The molecule has 4 nitrogen and oxygen atoms in total. The fourth-order valence-corrected chi connectivity index (χ4v) is 2.45. The molecule has 3 aromatic rings. The fraction of sp³-hybridized carbons (Fsp3) is 0.0769. The fourth-order valence-electron chi connectivity index (χ4n) is 1.89. The van der Waals surface area contributed by atoms with E-state index < -0.39 is 0 Å². The van der Waals surface area contributed by atoms with Crippen molar-refractivity contribution >= 4 is 16.5 Å². The van der Waals surface area contributed by atoms with Gasteiger partial charge in [-0.05, 0) is 12.1 Å². The average molecular weight is 274 g/mol. The summed E-state index contributed by atoms with van der Waals surface area (Å²) in [6.45, 7) is 0.525. The van der Waals surface area contributed by atoms with E-state index in [0.717, 1.165) is 5.69 Å². The molecule has 0 radical (unpaired) electrons. The van der Waals surface area contributed by atoms with Crippen molar-refractivity contribution in [2.45, 2.75) is 6.54 Å². The Bertz CT molecular complexity index is 704. The molecule has 3 rings (SSSR count). The minimum Gasteiger partial charge on any atom is -0.375 e. The van der Waals surface area contributed by atoms with E-state index in [9.17, 15) is 4.39 Å². The monoisotopic (exact) mass is 274 g/mol. The molecule has 19 heavy (non-hydrogen) atoms. The Hall–Kier alpha value is -2.21. The van der Waals surface area contributed by atoms with Gasteiger partial charge in [0.1, 0.15) is 11.6 Å². The van der Waals surface area contributed by atoms with Crippen LogP contribution >= 0.6 is 11.3 Å². The minimum atomic E-state index is -0.284. The first-order chi connectivity index (χ1) is 9.24. The Kier molecular flexibility index (Phi) is 3.00. The van der Waals surface area contributed by atoms with Gasteiger partial charge in [0.2, 0.25) is 0 Å². The summed E-state index contributed by atoms with van der Waals surface area (Å²) in [6, 6.07) is 6.59. The molecule has 2 aromatic heterocycles. The van der Waals surface area contributed by atoms with Crippen molar-refractivity contribution in [2.75, 3.05) is 5.73 Å². The molecule has 2 N–H and O–H groups in total. The lowest BCUT2D eigenvalue weighted by molar-refractivity contribution is 0.627. The summed E-state index contributed by atoms with van der Waals surface area (Å²) in [5.41, 5.74) is 6.93. The van der Waals surface area contributed by atoms with Crippen LogP contribution in [0.2, 0.25) is 0 Å². The van der Waals surface area contributed by atoms with Gasteiger partial charge in [-0.1, -0.05) is 12.1 Å². The number of thiazole rings is 1. The second-order valence-corrected chi connectivity index (χ2v) is 4.93. The molecule has 0 fully saturated rings. The minimum absolute atomic E-state index is 0.284. The molecule has 0 unspecified atom stereocenters. The van der Waals surface area contributed by atoms with Gasteiger partial charge >= 0.3 is 0 Å². The number of halogens is 1. The SMILES string of the molecule is Nc1nc(Cn2ccnc2-c2ccccc2F)cs1. The molecular weight excluding hydrogens is 263 g/mol. The summed E-state index contributed by atoms with van der Waals surface area (Å²) in [5.74, 6) is 0.303. The molecule has 96 valence electrons. The molecule has 0 saturated carbocycles. The number of aromatic nitrogens is 3. The lowest BCUT2D eigenvalue weighted by Crippen LogP contribution is -2.02. The van der Waals surface area contributed by atoms with Crippen molar-refractivity contribution in [3.63, 3.8) is 0 Å². The van der Waals surface area contributed by atoms with Gasteiger partial charge in [0.05, 0.1) is 17.8 Å². The molecule has 1 aromatic carbocycles. The maximum absolute atomic E-state index is 13.8. The van der Waals surface area contributed by atoms with Crippen LogP contribution < -0.4 is 5.73 Å². The van der Waals surface area contributed by atoms with E-state index in [4.69, 9.17) is 5.73 Å². The molecule has 0 amide bonds. The molecule has 0 atom stereocenters. The van der Waals surface area contributed by atoms with Gasteiger partial charge in [-0.2, -0.15) is 0 Å². The normalized spacial score (nSPS) is 10.8. The van der Waals surface area contributed by atoms with Gasteiger partial charge in [-0.15, -0.1) is 11.3 Å². The van der Waals surface area contributed by atoms with Crippen LogP contribution in [0.4, 0.5) is 9.52 Å². The van der Waals surface area contributed by atoms with Crippen LogP contribution in [0.15, 0.2) is 42.0 Å². The van der Waals surface area contributed by atoms with E-state index in [1.807, 2.05) is 9.95 Å². The highest BCUT2D eigenvalue weighted by atomic mass is 32.1. The van der Waals surface area contributed by atoms with Crippen molar-refractivity contribution < 1.29 is 4.39 Å². The van der Waals surface area contributed by atoms with Crippen LogP contribution in [0.25, 0.3) is 11.4 Å². The Morgan fingerprint density at radius 1 is 1.32 bits per heavy atom. The first kappa shape index (κ1) is 11.9. The third kappa shape index (κ3) is 2.34. The Morgan fingerprint density at radius 3 is 2.89 bits per heavy atom. The highest BCUT2D eigenvalue weighted by Gasteiger charge is 2.11. The second kappa shape index (κ2) is 4.81. The van der Waals surface area contributed by atoms with E-state index in [0.29, 0.717) is 23.1 Å². The van der Waals surface area contributed by atoms with E-state index in [2.05, 4.69) is 9.97 Å². The van der Waals surface area contributed by atoms with Crippen molar-refractivity contribution in [1.29, 1.82) is 0 Å². The Labute approximate surface area is 113 Å². The van der Waals surface area contributed by atoms with Crippen LogP contribution in [-0.2, 0) is 6.54 Å². The number of hydrogen-bond donors (Lipinski definition) is 1. The third-order valence-electron chi connectivity index (χ3n) is 2.73. The van der Waals surface area contributed by atoms with Gasteiger partial charge in [-0.3, -0.25) is 0 Å². The predicted molar refractivity (Wildman–Crippen MR) is 73.2 cm³/mol. The molecule has 6 heteroatoms. The van der Waals surface area contributed by atoms with Gasteiger partial charge < -0.3 is 10.3 Å². The van der Waals surface area contributed by atoms with Gasteiger partial charge in [0.25, 0.3) is 0 Å². The van der Waals surface area contributed by atoms with Crippen LogP contribution in [-0.4, -0.2) is 14.5 Å². The third-order valence-corrected chi connectivity index (χ3v) is 3.45. The molecule has 0 bridgehead atoms. The Balaban J connectivity index is 1.97. The van der Waals surface area contributed by atoms with Crippen molar-refractivity contribution in [2.24, 2.45) is 0 Å². The van der Waals surface area contributed by atoms with Crippen molar-refractivity contribution in [3.05, 3.63) is 53.6 Å². The number of anilines is 1. The molecule has 0 spiro atoms. The number of benzene rings is 1. The van der Waals surface area contributed by atoms with Gasteiger partial charge in [-0.25, -0.2) is 14.4 Å². The zero-order valence-electron chi connectivity index (χ0n) is 9.95. The quantitative estimate of drug-likeness (QED) is 0.799. The molecule has 0 saturated heterocycles. The summed E-state index contributed by atoms with van der Waals surface area (Å²) in [4.78, 5) is 8.41. The summed E-state index contributed by atoms with van der Waals surface area (Å²) in [5, 5.41) is 2.42. The topological polar surface area (TPSA) is 56.7 Å². The Morgan fingerprint density at radius 2 is 2.16 bits per heavy atom. The first-order valence-electron chi connectivity index (χ1n) is 5.70. The summed E-state index contributed by atoms with van der Waals surface area (Å²) in [6.07, 6.45) is 3.45. The molecule has 0 aliphatic carbocycles. The van der Waals surface area contributed by atoms with Gasteiger partial charge in [0, 0.05) is 17.8 Å². The highest BCUT2D eigenvalue weighted by Crippen LogP contribution is 2.22. The summed E-state index contributed by atoms with van der Waals surface area (Å²) in [7, 11) is 0. The number of hydrogen-bond acceptors (Lipinski definition) is 4. The van der Waals surface area contributed by atoms with Crippen LogP contribution in [0.3, 0.4) is 0 Å². The van der Waals surface area contributed by atoms with Crippen LogP contribution in [0, 0.1) is 5.82 Å². The van der Waals surface area contributed by atoms with E-state index in [1.165, 1.54) is 17.4 Å². The van der Waals surface area contributed by atoms with E-state index in [-0.39, 0.29) is 5.82 Å². The van der Waals surface area contributed by atoms with Gasteiger partial charge in [0.15, 0.2) is 5.13 Å². The molecule has 0 aliphatic rings. The number of nitrogens with two attached hydrogens (primary N) is 1. The highest BCUT2D eigenvalue weighted by molar-refractivity contribution is 7.13. The maximum atomic E-state index is 13.8. The smallest absolute Gasteiger partial charge is 0.180 e. The van der Waals surface area contributed by atoms with Crippen molar-refractivity contribution in [1.82, 2.24) is 14.5 Å². The first-order valence-corrected chi connectivity index (χ1v) is 6.58. The summed E-state index contributed by atoms with van der Waals surface area (Å²) >= 11 is 1.39. The lowest BCUT2D eigenvalue weighted by Gasteiger charge is -2.06. The standard InChI is InChI=1S/C13H11FN4S/c14-11-4-2-1-3-10(11)12-16-5-6-18(12)7-9-8-19-13(15)17-9/h1-6,8H,7H2,(H2,15,17). The second-order valence-electron chi connectivity index (χ2n) is 4.04. The average Bonchev–Trinajstić information content (AvgIpc) is 3.00. The van der Waals surface area contributed by atoms with E-state index >= 15 is 0 Å². The maximum Gasteiger partial charge on any atom is 0.180 e. The number of imidazole rings is 1. The van der Waals surface area contributed by atoms with Crippen LogP contribution in [0.5, 0.6) is 0 Å². The van der Waals surface area contributed by atoms with Crippen LogP contribution in [0.1, 0.15) is 5.69 Å². The number of rotatable bonds is 3. The predicted octanol–water partition coefficient (Wildman–Crippen LogP) is 2.78. The summed E-state index contributed by atoms with van der Waals surface area (Å²) < 4.78 is 15.6. The number of nitrogen functional groups attached to an aromatic ring is 1. The number of nitrogens with zero attached hydrogens (tertiary/aromatic N) is 3.